The molecule has 0 aromatic heterocycles. The average molecular weight is 284 g/mol. The van der Waals surface area contributed by atoms with Crippen molar-refractivity contribution in [3.63, 3.8) is 0 Å². The minimum absolute atomic E-state index is 0.0410. The van der Waals surface area contributed by atoms with Gasteiger partial charge in [-0.25, -0.2) is 4.39 Å². The molecule has 0 heterocycles. The maximum absolute atomic E-state index is 13.2. The zero-order chi connectivity index (χ0) is 13.6. The van der Waals surface area contributed by atoms with Gasteiger partial charge >= 0.3 is 0 Å². The lowest BCUT2D eigenvalue weighted by Crippen LogP contribution is -2.70. The van der Waals surface area contributed by atoms with E-state index in [9.17, 15) is 9.18 Å². The molecule has 3 saturated carbocycles. The predicted molar refractivity (Wildman–Crippen MR) is 69.7 cm³/mol. The van der Waals surface area contributed by atoms with Crippen molar-refractivity contribution < 1.29 is 13.9 Å². The van der Waals surface area contributed by atoms with Gasteiger partial charge in [-0.3, -0.25) is 4.79 Å². The van der Waals surface area contributed by atoms with Gasteiger partial charge < -0.3 is 10.1 Å². The molecule has 19 heavy (non-hydrogen) atoms. The summed E-state index contributed by atoms with van der Waals surface area (Å²) in [5, 5.41) is 3.01. The van der Waals surface area contributed by atoms with Crippen LogP contribution in [0.2, 0.25) is 5.02 Å². The van der Waals surface area contributed by atoms with E-state index in [0.29, 0.717) is 23.1 Å². The predicted octanol–water partition coefficient (Wildman–Crippen LogP) is 2.77. The Labute approximate surface area is 116 Å². The average Bonchev–Trinajstić information content (AvgIpc) is 2.35. The van der Waals surface area contributed by atoms with Crippen LogP contribution >= 0.6 is 11.6 Å². The van der Waals surface area contributed by atoms with Crippen molar-refractivity contribution in [1.29, 1.82) is 0 Å². The molecular formula is C14H15ClFNO2. The van der Waals surface area contributed by atoms with E-state index in [1.165, 1.54) is 25.0 Å². The summed E-state index contributed by atoms with van der Waals surface area (Å²) in [4.78, 5) is 11.7. The third-order valence-electron chi connectivity index (χ3n) is 4.26. The molecule has 1 atom stereocenters. The van der Waals surface area contributed by atoms with Gasteiger partial charge in [0.15, 0.2) is 6.61 Å². The van der Waals surface area contributed by atoms with E-state index in [2.05, 4.69) is 12.2 Å². The van der Waals surface area contributed by atoms with Crippen LogP contribution in [0.5, 0.6) is 5.75 Å². The summed E-state index contributed by atoms with van der Waals surface area (Å²) in [5.41, 5.74) is 0.298. The number of nitrogens with one attached hydrogen (secondary N) is 1. The van der Waals surface area contributed by atoms with Gasteiger partial charge in [0, 0.05) is 12.1 Å². The van der Waals surface area contributed by atoms with Gasteiger partial charge in [0.1, 0.15) is 11.6 Å². The number of carbonyl (C=O) groups is 1. The van der Waals surface area contributed by atoms with E-state index in [4.69, 9.17) is 16.3 Å². The fourth-order valence-electron chi connectivity index (χ4n) is 3.10. The van der Waals surface area contributed by atoms with Crippen LogP contribution in [-0.4, -0.2) is 18.6 Å². The Bertz CT molecular complexity index is 528. The Kier molecular flexibility index (Phi) is 2.93. The van der Waals surface area contributed by atoms with Crippen LogP contribution in [0, 0.1) is 17.2 Å². The zero-order valence-corrected chi connectivity index (χ0v) is 11.3. The molecule has 0 spiro atoms. The van der Waals surface area contributed by atoms with E-state index >= 15 is 0 Å². The Morgan fingerprint density at radius 1 is 1.58 bits per heavy atom. The lowest BCUT2D eigenvalue weighted by molar-refractivity contribution is -0.154. The molecule has 1 aromatic rings. The van der Waals surface area contributed by atoms with E-state index < -0.39 is 5.82 Å². The van der Waals surface area contributed by atoms with Crippen molar-refractivity contribution in [3.05, 3.63) is 29.0 Å². The number of amides is 1. The summed E-state index contributed by atoms with van der Waals surface area (Å²) >= 11 is 5.56. The fraction of sp³-hybridized carbons (Fsp3) is 0.500. The Balaban J connectivity index is 1.49. The van der Waals surface area contributed by atoms with Crippen LogP contribution < -0.4 is 10.1 Å². The van der Waals surface area contributed by atoms with Crippen LogP contribution in [0.1, 0.15) is 19.8 Å². The highest BCUT2D eigenvalue weighted by molar-refractivity contribution is 6.30. The minimum atomic E-state index is -0.549. The molecule has 4 rings (SSSR count). The smallest absolute Gasteiger partial charge is 0.258 e. The molecule has 3 nitrogen and oxygen atoms in total. The molecule has 102 valence electrons. The summed E-state index contributed by atoms with van der Waals surface area (Å²) < 4.78 is 18.4. The molecule has 0 radical (unpaired) electrons. The molecule has 0 aliphatic heterocycles. The number of hydrogen-bond donors (Lipinski definition) is 1. The maximum atomic E-state index is 13.2. The first-order valence-electron chi connectivity index (χ1n) is 6.35. The van der Waals surface area contributed by atoms with Crippen molar-refractivity contribution >= 4 is 17.5 Å². The number of hydrogen-bond acceptors (Lipinski definition) is 2. The third-order valence-corrected chi connectivity index (χ3v) is 4.56. The second-order valence-corrected chi connectivity index (χ2v) is 6.14. The molecule has 3 fully saturated rings. The van der Waals surface area contributed by atoms with Crippen molar-refractivity contribution in [1.82, 2.24) is 5.32 Å². The van der Waals surface area contributed by atoms with E-state index in [1.54, 1.807) is 6.07 Å². The second-order valence-electron chi connectivity index (χ2n) is 5.73. The van der Waals surface area contributed by atoms with Gasteiger partial charge in [0.2, 0.25) is 0 Å². The Hall–Kier alpha value is -1.29. The van der Waals surface area contributed by atoms with Crippen LogP contribution in [-0.2, 0) is 4.79 Å². The lowest BCUT2D eigenvalue weighted by Gasteiger charge is -2.66. The van der Waals surface area contributed by atoms with Gasteiger partial charge in [-0.15, -0.1) is 0 Å². The number of carbonyl (C=O) groups excluding carboxylic acids is 1. The second kappa shape index (κ2) is 4.37. The molecule has 1 amide bonds. The molecule has 3 aliphatic carbocycles. The maximum Gasteiger partial charge on any atom is 0.258 e. The van der Waals surface area contributed by atoms with Crippen molar-refractivity contribution in [2.45, 2.75) is 25.8 Å². The lowest BCUT2D eigenvalue weighted by atomic mass is 9.42. The number of ether oxygens (including phenoxy) is 1. The quantitative estimate of drug-likeness (QED) is 0.923. The first kappa shape index (κ1) is 12.7. The molecule has 1 N–H and O–H groups in total. The Morgan fingerprint density at radius 2 is 2.32 bits per heavy atom. The first-order chi connectivity index (χ1) is 8.98. The van der Waals surface area contributed by atoms with Crippen LogP contribution in [0.25, 0.3) is 0 Å². The highest BCUT2D eigenvalue weighted by Crippen LogP contribution is 2.63. The standard InChI is InChI=1S/C14H15ClFNO2/c1-14-5-8(6-14)13(14)17-12(18)7-19-9-2-3-10(15)11(16)4-9/h2-4,8,13H,5-7H2,1H3,(H,17,18). The normalized spacial score (nSPS) is 31.1. The molecular weight excluding hydrogens is 269 g/mol. The molecule has 5 heteroatoms. The van der Waals surface area contributed by atoms with Crippen LogP contribution in [0.4, 0.5) is 4.39 Å². The summed E-state index contributed by atoms with van der Waals surface area (Å²) in [5.74, 6) is 0.243. The SMILES string of the molecule is CC12CC(C1)C2NC(=O)COc1ccc(Cl)c(F)c1. The number of rotatable bonds is 4. The topological polar surface area (TPSA) is 38.3 Å². The monoisotopic (exact) mass is 283 g/mol. The summed E-state index contributed by atoms with van der Waals surface area (Å²) in [6.07, 6.45) is 2.42. The van der Waals surface area contributed by atoms with Crippen LogP contribution in [0.15, 0.2) is 18.2 Å². The van der Waals surface area contributed by atoms with Gasteiger partial charge in [-0.1, -0.05) is 18.5 Å². The van der Waals surface area contributed by atoms with E-state index in [-0.39, 0.29) is 17.5 Å². The number of halogens is 2. The highest BCUT2D eigenvalue weighted by Gasteiger charge is 2.62. The van der Waals surface area contributed by atoms with Crippen molar-refractivity contribution in [2.75, 3.05) is 6.61 Å². The number of benzene rings is 1. The zero-order valence-electron chi connectivity index (χ0n) is 10.6. The summed E-state index contributed by atoms with van der Waals surface area (Å²) in [7, 11) is 0. The van der Waals surface area contributed by atoms with Crippen molar-refractivity contribution in [2.24, 2.45) is 11.3 Å². The Morgan fingerprint density at radius 3 is 2.84 bits per heavy atom. The van der Waals surface area contributed by atoms with Gasteiger partial charge in [0.25, 0.3) is 5.91 Å². The van der Waals surface area contributed by atoms with E-state index in [1.807, 2.05) is 0 Å². The van der Waals surface area contributed by atoms with Gasteiger partial charge in [0.05, 0.1) is 5.02 Å². The third kappa shape index (κ3) is 2.18. The van der Waals surface area contributed by atoms with Crippen LogP contribution in [0.3, 0.4) is 0 Å². The molecule has 1 aromatic carbocycles. The fourth-order valence-corrected chi connectivity index (χ4v) is 3.22. The first-order valence-corrected chi connectivity index (χ1v) is 6.73. The molecule has 2 bridgehead atoms. The summed E-state index contributed by atoms with van der Waals surface area (Å²) in [6, 6.07) is 4.43. The van der Waals surface area contributed by atoms with Gasteiger partial charge in [-0.05, 0) is 36.3 Å². The molecule has 0 saturated heterocycles. The minimum Gasteiger partial charge on any atom is -0.484 e. The van der Waals surface area contributed by atoms with Gasteiger partial charge in [-0.2, -0.15) is 0 Å². The molecule has 1 unspecified atom stereocenters. The van der Waals surface area contributed by atoms with Crippen molar-refractivity contribution in [3.8, 4) is 5.75 Å². The largest absolute Gasteiger partial charge is 0.484 e. The molecule has 3 aliphatic rings. The summed E-state index contributed by atoms with van der Waals surface area (Å²) in [6.45, 7) is 2.09. The van der Waals surface area contributed by atoms with E-state index in [0.717, 1.165) is 0 Å². The highest BCUT2D eigenvalue weighted by atomic mass is 35.5.